The first-order valence-corrected chi connectivity index (χ1v) is 5.78. The Kier molecular flexibility index (Phi) is 2.78. The molecule has 0 aliphatic heterocycles. The van der Waals surface area contributed by atoms with Crippen molar-refractivity contribution in [2.75, 3.05) is 11.9 Å². The maximum absolute atomic E-state index is 11.9. The Labute approximate surface area is 97.6 Å². The summed E-state index contributed by atoms with van der Waals surface area (Å²) in [5.41, 5.74) is 0. The van der Waals surface area contributed by atoms with Gasteiger partial charge in [-0.3, -0.25) is 9.69 Å². The average Bonchev–Trinajstić information content (AvgIpc) is 2.94. The first-order valence-electron chi connectivity index (χ1n) is 4.99. The molecule has 1 amide bonds. The lowest BCUT2D eigenvalue weighted by Gasteiger charge is -2.17. The van der Waals surface area contributed by atoms with E-state index in [1.165, 1.54) is 0 Å². The zero-order valence-electron chi connectivity index (χ0n) is 8.77. The summed E-state index contributed by atoms with van der Waals surface area (Å²) in [5.74, 6) is 1.59. The van der Waals surface area contributed by atoms with E-state index >= 15 is 0 Å². The molecule has 0 radical (unpaired) electrons. The lowest BCUT2D eigenvalue weighted by molar-refractivity contribution is -0.119. The topological polar surface area (TPSA) is 33.2 Å². The minimum atomic E-state index is 0.168. The van der Waals surface area contributed by atoms with Gasteiger partial charge in [-0.15, -0.1) is 0 Å². The first kappa shape index (κ1) is 10.6. The summed E-state index contributed by atoms with van der Waals surface area (Å²) in [6.07, 6.45) is 2.70. The van der Waals surface area contributed by atoms with E-state index in [1.807, 2.05) is 12.1 Å². The van der Waals surface area contributed by atoms with Crippen LogP contribution in [0.2, 0.25) is 0 Å². The number of aromatic nitrogens is 1. The Morgan fingerprint density at radius 3 is 2.87 bits per heavy atom. The van der Waals surface area contributed by atoms with E-state index in [-0.39, 0.29) is 11.8 Å². The standard InChI is InChI=1S/C11H13BrN2O/c1-7-6-8(7)11(15)14(2)10-9(12)4-3-5-13-10/h3-5,7-8H,6H2,1-2H3/t7-,8-/m1/s1. The molecule has 0 unspecified atom stereocenters. The number of rotatable bonds is 2. The van der Waals surface area contributed by atoms with Gasteiger partial charge in [-0.2, -0.15) is 0 Å². The molecule has 80 valence electrons. The van der Waals surface area contributed by atoms with Crippen molar-refractivity contribution in [3.63, 3.8) is 0 Å². The first-order chi connectivity index (χ1) is 7.11. The molecule has 2 rings (SSSR count). The van der Waals surface area contributed by atoms with E-state index in [4.69, 9.17) is 0 Å². The molecule has 1 fully saturated rings. The van der Waals surface area contributed by atoms with Crippen molar-refractivity contribution >= 4 is 27.7 Å². The Balaban J connectivity index is 2.17. The summed E-state index contributed by atoms with van der Waals surface area (Å²) >= 11 is 3.39. The molecule has 0 saturated heterocycles. The largest absolute Gasteiger partial charge is 0.299 e. The number of anilines is 1. The van der Waals surface area contributed by atoms with Crippen molar-refractivity contribution in [3.8, 4) is 0 Å². The van der Waals surface area contributed by atoms with Gasteiger partial charge in [0, 0.05) is 19.2 Å². The van der Waals surface area contributed by atoms with Crippen molar-refractivity contribution in [2.24, 2.45) is 11.8 Å². The molecule has 1 aromatic rings. The van der Waals surface area contributed by atoms with E-state index in [9.17, 15) is 4.79 Å². The summed E-state index contributed by atoms with van der Waals surface area (Å²) in [5, 5.41) is 0. The molecule has 0 spiro atoms. The van der Waals surface area contributed by atoms with Crippen LogP contribution in [0.25, 0.3) is 0 Å². The van der Waals surface area contributed by atoms with Crippen molar-refractivity contribution < 1.29 is 4.79 Å². The third-order valence-electron chi connectivity index (χ3n) is 2.81. The molecule has 0 N–H and O–H groups in total. The molecule has 4 heteroatoms. The van der Waals surface area contributed by atoms with E-state index in [2.05, 4.69) is 27.8 Å². The van der Waals surface area contributed by atoms with Gasteiger partial charge in [-0.05, 0) is 40.4 Å². The van der Waals surface area contributed by atoms with Crippen LogP contribution in [0.4, 0.5) is 5.82 Å². The maximum atomic E-state index is 11.9. The van der Waals surface area contributed by atoms with E-state index in [0.717, 1.165) is 10.9 Å². The lowest BCUT2D eigenvalue weighted by atomic mass is 10.3. The molecular formula is C11H13BrN2O. The molecule has 1 heterocycles. The number of nitrogens with zero attached hydrogens (tertiary/aromatic N) is 2. The SMILES string of the molecule is C[C@@H]1C[C@H]1C(=O)N(C)c1ncccc1Br. The molecule has 0 aromatic carbocycles. The average molecular weight is 269 g/mol. The van der Waals surface area contributed by atoms with Gasteiger partial charge >= 0.3 is 0 Å². The van der Waals surface area contributed by atoms with Crippen LogP contribution in [0.5, 0.6) is 0 Å². The number of carbonyl (C=O) groups is 1. The van der Waals surface area contributed by atoms with Crippen LogP contribution in [-0.4, -0.2) is 17.9 Å². The number of hydrogen-bond donors (Lipinski definition) is 0. The Bertz CT molecular complexity index is 394. The number of pyridine rings is 1. The Morgan fingerprint density at radius 2 is 2.33 bits per heavy atom. The van der Waals surface area contributed by atoms with Crippen LogP contribution in [0.15, 0.2) is 22.8 Å². The van der Waals surface area contributed by atoms with Gasteiger partial charge in [0.15, 0.2) is 0 Å². The molecular weight excluding hydrogens is 256 g/mol. The number of hydrogen-bond acceptors (Lipinski definition) is 2. The fraction of sp³-hybridized carbons (Fsp3) is 0.455. The highest BCUT2D eigenvalue weighted by Crippen LogP contribution is 2.40. The molecule has 1 aliphatic rings. The second-order valence-electron chi connectivity index (χ2n) is 4.03. The van der Waals surface area contributed by atoms with Crippen molar-refractivity contribution in [3.05, 3.63) is 22.8 Å². The summed E-state index contributed by atoms with van der Waals surface area (Å²) in [7, 11) is 1.78. The van der Waals surface area contributed by atoms with Crippen LogP contribution in [0.1, 0.15) is 13.3 Å². The Morgan fingerprint density at radius 1 is 1.67 bits per heavy atom. The van der Waals surface area contributed by atoms with Gasteiger partial charge in [0.2, 0.25) is 5.91 Å². The molecule has 2 atom stereocenters. The number of carbonyl (C=O) groups excluding carboxylic acids is 1. The summed E-state index contributed by atoms with van der Waals surface area (Å²) in [6, 6.07) is 3.73. The number of halogens is 1. The predicted molar refractivity (Wildman–Crippen MR) is 62.6 cm³/mol. The van der Waals surface area contributed by atoms with Crippen LogP contribution in [0.3, 0.4) is 0 Å². The second kappa shape index (κ2) is 3.93. The van der Waals surface area contributed by atoms with Crippen LogP contribution >= 0.6 is 15.9 Å². The second-order valence-corrected chi connectivity index (χ2v) is 4.88. The summed E-state index contributed by atoms with van der Waals surface area (Å²) in [4.78, 5) is 17.8. The highest BCUT2D eigenvalue weighted by atomic mass is 79.9. The maximum Gasteiger partial charge on any atom is 0.231 e. The summed E-state index contributed by atoms with van der Waals surface area (Å²) in [6.45, 7) is 2.10. The zero-order chi connectivity index (χ0) is 11.0. The zero-order valence-corrected chi connectivity index (χ0v) is 10.4. The molecule has 15 heavy (non-hydrogen) atoms. The highest BCUT2D eigenvalue weighted by molar-refractivity contribution is 9.10. The van der Waals surface area contributed by atoms with Gasteiger partial charge in [0.25, 0.3) is 0 Å². The molecule has 1 saturated carbocycles. The van der Waals surface area contributed by atoms with Crippen molar-refractivity contribution in [1.82, 2.24) is 4.98 Å². The van der Waals surface area contributed by atoms with Gasteiger partial charge in [-0.25, -0.2) is 4.98 Å². The molecule has 3 nitrogen and oxygen atoms in total. The molecule has 1 aliphatic carbocycles. The van der Waals surface area contributed by atoms with Crippen molar-refractivity contribution in [2.45, 2.75) is 13.3 Å². The molecule has 0 bridgehead atoms. The monoisotopic (exact) mass is 268 g/mol. The van der Waals surface area contributed by atoms with Crippen LogP contribution in [0, 0.1) is 11.8 Å². The van der Waals surface area contributed by atoms with Gasteiger partial charge < -0.3 is 0 Å². The smallest absolute Gasteiger partial charge is 0.231 e. The van der Waals surface area contributed by atoms with Crippen LogP contribution < -0.4 is 4.90 Å². The number of amides is 1. The van der Waals surface area contributed by atoms with Gasteiger partial charge in [0.05, 0.1) is 4.47 Å². The predicted octanol–water partition coefficient (Wildman–Crippen LogP) is 2.46. The van der Waals surface area contributed by atoms with Gasteiger partial charge in [0.1, 0.15) is 5.82 Å². The third-order valence-corrected chi connectivity index (χ3v) is 3.43. The normalized spacial score (nSPS) is 23.7. The third kappa shape index (κ3) is 2.04. The highest BCUT2D eigenvalue weighted by Gasteiger charge is 2.41. The van der Waals surface area contributed by atoms with E-state index < -0.39 is 0 Å². The van der Waals surface area contributed by atoms with Crippen molar-refractivity contribution in [1.29, 1.82) is 0 Å². The molecule has 1 aromatic heterocycles. The van der Waals surface area contributed by atoms with Gasteiger partial charge in [-0.1, -0.05) is 6.92 Å². The van der Waals surface area contributed by atoms with E-state index in [1.54, 1.807) is 18.1 Å². The van der Waals surface area contributed by atoms with Crippen LogP contribution in [-0.2, 0) is 4.79 Å². The lowest BCUT2D eigenvalue weighted by Crippen LogP contribution is -2.29. The minimum absolute atomic E-state index is 0.168. The fourth-order valence-electron chi connectivity index (χ4n) is 1.64. The summed E-state index contributed by atoms with van der Waals surface area (Å²) < 4.78 is 0.856. The minimum Gasteiger partial charge on any atom is -0.299 e. The quantitative estimate of drug-likeness (QED) is 0.826. The fourth-order valence-corrected chi connectivity index (χ4v) is 2.16. The van der Waals surface area contributed by atoms with E-state index in [0.29, 0.717) is 11.7 Å². The Hall–Kier alpha value is -0.900.